The standard InChI is InChI=1S/C31H35FN8O3/c1-20-19-40-29(34-20)28(42-14-6-11-39-10-5-9-33-39)18-26(37-40)22-15-24(32)23-17-25(35-36-27(23)16-22)21-7-12-38(13-8-21)30(41)43-31(2,3)4/h5,9-10,15-19,21H,6-8,11-14H2,1-4H3. The number of carbonyl (C=O) groups excluding carboxylic acids is 1. The number of nitrogens with zero attached hydrogens (tertiary/aromatic N) is 8. The lowest BCUT2D eigenvalue weighted by molar-refractivity contribution is 0.0204. The number of amides is 1. The van der Waals surface area contributed by atoms with Crippen LogP contribution in [0.5, 0.6) is 5.75 Å². The lowest BCUT2D eigenvalue weighted by Gasteiger charge is -2.33. The van der Waals surface area contributed by atoms with Crippen molar-refractivity contribution in [2.75, 3.05) is 19.7 Å². The molecule has 0 saturated carbocycles. The topological polar surface area (TPSA) is 113 Å². The molecule has 43 heavy (non-hydrogen) atoms. The van der Waals surface area contributed by atoms with Crippen LogP contribution in [0, 0.1) is 12.7 Å². The second-order valence-corrected chi connectivity index (χ2v) is 11.9. The van der Waals surface area contributed by atoms with E-state index in [2.05, 4.69) is 25.4 Å². The van der Waals surface area contributed by atoms with Crippen molar-refractivity contribution < 1.29 is 18.7 Å². The van der Waals surface area contributed by atoms with Gasteiger partial charge in [0.1, 0.15) is 11.4 Å². The van der Waals surface area contributed by atoms with Crippen molar-refractivity contribution in [1.82, 2.24) is 39.5 Å². The van der Waals surface area contributed by atoms with Gasteiger partial charge in [0.05, 0.1) is 35.4 Å². The molecule has 5 heterocycles. The van der Waals surface area contributed by atoms with Crippen molar-refractivity contribution in [3.63, 3.8) is 0 Å². The van der Waals surface area contributed by atoms with Crippen molar-refractivity contribution >= 4 is 22.6 Å². The number of hydrogen-bond donors (Lipinski definition) is 0. The molecule has 0 atom stereocenters. The predicted molar refractivity (Wildman–Crippen MR) is 158 cm³/mol. The molecule has 1 aliphatic rings. The number of aryl methyl sites for hydroxylation is 2. The summed E-state index contributed by atoms with van der Waals surface area (Å²) in [5.74, 6) is 0.245. The van der Waals surface area contributed by atoms with Gasteiger partial charge in [-0.15, -0.1) is 0 Å². The third kappa shape index (κ3) is 6.42. The van der Waals surface area contributed by atoms with Crippen LogP contribution in [0.25, 0.3) is 27.8 Å². The van der Waals surface area contributed by atoms with Gasteiger partial charge in [-0.05, 0) is 64.8 Å². The highest BCUT2D eigenvalue weighted by Crippen LogP contribution is 2.32. The fourth-order valence-electron chi connectivity index (χ4n) is 5.30. The van der Waals surface area contributed by atoms with E-state index < -0.39 is 11.4 Å². The molecule has 11 nitrogen and oxygen atoms in total. The third-order valence-corrected chi connectivity index (χ3v) is 7.39. The maximum Gasteiger partial charge on any atom is 0.410 e. The highest BCUT2D eigenvalue weighted by atomic mass is 19.1. The minimum atomic E-state index is -0.539. The molecule has 5 aromatic rings. The number of halogens is 1. The van der Waals surface area contributed by atoms with Gasteiger partial charge in [-0.25, -0.2) is 18.7 Å². The van der Waals surface area contributed by atoms with E-state index in [1.54, 1.807) is 33.8 Å². The Morgan fingerprint density at radius 2 is 1.93 bits per heavy atom. The lowest BCUT2D eigenvalue weighted by atomic mass is 9.92. The summed E-state index contributed by atoms with van der Waals surface area (Å²) in [6, 6.07) is 8.71. The molecule has 0 spiro atoms. The molecule has 1 aliphatic heterocycles. The van der Waals surface area contributed by atoms with Gasteiger partial charge >= 0.3 is 6.09 Å². The van der Waals surface area contributed by atoms with Gasteiger partial charge in [0, 0.05) is 61.4 Å². The van der Waals surface area contributed by atoms with Crippen molar-refractivity contribution in [2.24, 2.45) is 0 Å². The Hall–Kier alpha value is -4.61. The number of aromatic nitrogens is 7. The quantitative estimate of drug-likeness (QED) is 0.228. The average molecular weight is 587 g/mol. The first-order valence-electron chi connectivity index (χ1n) is 14.6. The van der Waals surface area contributed by atoms with Crippen LogP contribution < -0.4 is 4.74 Å². The fraction of sp³-hybridized carbons (Fsp3) is 0.419. The highest BCUT2D eigenvalue weighted by Gasteiger charge is 2.28. The zero-order valence-electron chi connectivity index (χ0n) is 24.8. The second-order valence-electron chi connectivity index (χ2n) is 11.9. The molecule has 0 bridgehead atoms. The molecule has 12 heteroatoms. The zero-order valence-corrected chi connectivity index (χ0v) is 24.8. The van der Waals surface area contributed by atoms with E-state index in [0.29, 0.717) is 66.1 Å². The Morgan fingerprint density at radius 1 is 1.12 bits per heavy atom. The van der Waals surface area contributed by atoms with Crippen LogP contribution in [0.2, 0.25) is 0 Å². The fourth-order valence-corrected chi connectivity index (χ4v) is 5.30. The number of rotatable bonds is 7. The van der Waals surface area contributed by atoms with Gasteiger partial charge in [-0.2, -0.15) is 20.4 Å². The Kier molecular flexibility index (Phi) is 7.68. The van der Waals surface area contributed by atoms with Gasteiger partial charge in [0.2, 0.25) is 0 Å². The minimum absolute atomic E-state index is 0.0798. The van der Waals surface area contributed by atoms with Crippen molar-refractivity contribution in [3.05, 3.63) is 66.1 Å². The molecule has 224 valence electrons. The Labute approximate surface area is 248 Å². The summed E-state index contributed by atoms with van der Waals surface area (Å²) >= 11 is 0. The van der Waals surface area contributed by atoms with Crippen LogP contribution in [0.3, 0.4) is 0 Å². The van der Waals surface area contributed by atoms with Crippen molar-refractivity contribution in [1.29, 1.82) is 0 Å². The average Bonchev–Trinajstić information content (AvgIpc) is 3.63. The summed E-state index contributed by atoms with van der Waals surface area (Å²) < 4.78 is 30.7. The largest absolute Gasteiger partial charge is 0.489 e. The first kappa shape index (κ1) is 28.5. The molecule has 0 aliphatic carbocycles. The monoisotopic (exact) mass is 586 g/mol. The normalized spacial score (nSPS) is 14.5. The van der Waals surface area contributed by atoms with E-state index in [4.69, 9.17) is 9.47 Å². The summed E-state index contributed by atoms with van der Waals surface area (Å²) in [5, 5.41) is 18.2. The SMILES string of the molecule is Cc1cn2nc(-c3cc(F)c4cc(C5CCN(C(=O)OC(C)(C)C)CC5)nnc4c3)cc(OCCCn3cccn3)c2n1. The zero-order chi connectivity index (χ0) is 30.1. The number of piperidine rings is 1. The third-order valence-electron chi connectivity index (χ3n) is 7.39. The molecule has 0 unspecified atom stereocenters. The van der Waals surface area contributed by atoms with Gasteiger partial charge in [-0.3, -0.25) is 4.68 Å². The number of benzene rings is 1. The Balaban J connectivity index is 1.20. The van der Waals surface area contributed by atoms with E-state index in [-0.39, 0.29) is 12.0 Å². The van der Waals surface area contributed by atoms with Crippen molar-refractivity contribution in [3.8, 4) is 17.0 Å². The molecule has 1 aromatic carbocycles. The molecular weight excluding hydrogens is 551 g/mol. The molecule has 1 amide bonds. The molecular formula is C31H35FN8O3. The van der Waals surface area contributed by atoms with Crippen LogP contribution in [0.4, 0.5) is 9.18 Å². The van der Waals surface area contributed by atoms with Gasteiger partial charge in [0.15, 0.2) is 11.4 Å². The van der Waals surface area contributed by atoms with Crippen LogP contribution in [-0.4, -0.2) is 70.9 Å². The summed E-state index contributed by atoms with van der Waals surface area (Å²) in [6.07, 6.45) is 7.33. The van der Waals surface area contributed by atoms with E-state index in [9.17, 15) is 4.79 Å². The number of fused-ring (bicyclic) bond motifs is 2. The van der Waals surface area contributed by atoms with Gasteiger partial charge in [-0.1, -0.05) is 0 Å². The summed E-state index contributed by atoms with van der Waals surface area (Å²) in [7, 11) is 0. The van der Waals surface area contributed by atoms with Crippen molar-refractivity contribution in [2.45, 2.75) is 65.0 Å². The van der Waals surface area contributed by atoms with E-state index in [0.717, 1.165) is 24.4 Å². The van der Waals surface area contributed by atoms with Crippen LogP contribution >= 0.6 is 0 Å². The first-order chi connectivity index (χ1) is 20.6. The minimum Gasteiger partial charge on any atom is -0.489 e. The highest BCUT2D eigenvalue weighted by molar-refractivity contribution is 5.84. The van der Waals surface area contributed by atoms with E-state index >= 15 is 4.39 Å². The number of likely N-dealkylation sites (tertiary alicyclic amines) is 1. The van der Waals surface area contributed by atoms with Crippen LogP contribution in [-0.2, 0) is 11.3 Å². The first-order valence-corrected chi connectivity index (χ1v) is 14.6. The number of ether oxygens (including phenoxy) is 2. The smallest absolute Gasteiger partial charge is 0.410 e. The van der Waals surface area contributed by atoms with Gasteiger partial charge < -0.3 is 14.4 Å². The summed E-state index contributed by atoms with van der Waals surface area (Å²) in [4.78, 5) is 18.7. The molecule has 0 N–H and O–H groups in total. The van der Waals surface area contributed by atoms with Gasteiger partial charge in [0.25, 0.3) is 0 Å². The molecule has 1 saturated heterocycles. The lowest BCUT2D eigenvalue weighted by Crippen LogP contribution is -2.41. The second kappa shape index (κ2) is 11.6. The Morgan fingerprint density at radius 3 is 2.67 bits per heavy atom. The number of imidazole rings is 1. The maximum absolute atomic E-state index is 15.6. The number of carbonyl (C=O) groups is 1. The molecule has 0 radical (unpaired) electrons. The Bertz CT molecular complexity index is 1750. The summed E-state index contributed by atoms with van der Waals surface area (Å²) in [5.41, 5.74) is 3.12. The number of hydrogen-bond acceptors (Lipinski definition) is 8. The summed E-state index contributed by atoms with van der Waals surface area (Å²) in [6.45, 7) is 9.75. The van der Waals surface area contributed by atoms with Crippen LogP contribution in [0.1, 0.15) is 57.3 Å². The van der Waals surface area contributed by atoms with Crippen LogP contribution in [0.15, 0.2) is 48.9 Å². The predicted octanol–water partition coefficient (Wildman–Crippen LogP) is 5.57. The van der Waals surface area contributed by atoms with E-state index in [1.165, 1.54) is 6.07 Å². The van der Waals surface area contributed by atoms with E-state index in [1.807, 2.05) is 50.8 Å². The maximum atomic E-state index is 15.6. The molecule has 1 fully saturated rings. The molecule has 6 rings (SSSR count). The molecule has 4 aromatic heterocycles.